The highest BCUT2D eigenvalue weighted by Crippen LogP contribution is 2.24. The van der Waals surface area contributed by atoms with E-state index in [4.69, 9.17) is 4.74 Å². The van der Waals surface area contributed by atoms with Gasteiger partial charge in [0.1, 0.15) is 11.5 Å². The highest BCUT2D eigenvalue weighted by atomic mass is 79.9. The summed E-state index contributed by atoms with van der Waals surface area (Å²) in [5.74, 6) is 1.23. The first-order valence-electron chi connectivity index (χ1n) is 6.54. The summed E-state index contributed by atoms with van der Waals surface area (Å²) in [7, 11) is 0. The maximum absolute atomic E-state index is 11.9. The lowest BCUT2D eigenvalue weighted by atomic mass is 10.2. The number of nitrogens with one attached hydrogen (secondary N) is 2. The molecular weight excluding hydrogens is 346 g/mol. The van der Waals surface area contributed by atoms with E-state index in [1.807, 2.05) is 24.3 Å². The van der Waals surface area contributed by atoms with Crippen molar-refractivity contribution in [2.45, 2.75) is 0 Å². The second-order valence-corrected chi connectivity index (χ2v) is 5.44. The molecule has 0 unspecified atom stereocenters. The van der Waals surface area contributed by atoms with Gasteiger partial charge in [0, 0.05) is 16.4 Å². The minimum atomic E-state index is -0.213. The van der Waals surface area contributed by atoms with Gasteiger partial charge in [0.2, 0.25) is 0 Å². The quantitative estimate of drug-likeness (QED) is 0.734. The molecule has 0 spiro atoms. The Labute approximate surface area is 135 Å². The number of ether oxygens (including phenoxy) is 1. The molecule has 0 atom stereocenters. The number of rotatable bonds is 4. The van der Waals surface area contributed by atoms with Gasteiger partial charge in [0.25, 0.3) is 5.91 Å². The number of aromatic amines is 1. The van der Waals surface area contributed by atoms with Gasteiger partial charge in [-0.3, -0.25) is 9.89 Å². The summed E-state index contributed by atoms with van der Waals surface area (Å²) in [5, 5.41) is 9.13. The molecule has 1 heterocycles. The Balaban J connectivity index is 1.65. The molecule has 0 radical (unpaired) electrons. The highest BCUT2D eigenvalue weighted by molar-refractivity contribution is 9.10. The normalized spacial score (nSPS) is 10.2. The summed E-state index contributed by atoms with van der Waals surface area (Å²) in [6.07, 6.45) is 3.01. The Morgan fingerprint density at radius 3 is 2.27 bits per heavy atom. The minimum Gasteiger partial charge on any atom is -0.457 e. The van der Waals surface area contributed by atoms with Crippen LogP contribution in [0.1, 0.15) is 10.4 Å². The minimum absolute atomic E-state index is 0.213. The molecule has 1 amide bonds. The van der Waals surface area contributed by atoms with E-state index in [0.29, 0.717) is 17.0 Å². The predicted molar refractivity (Wildman–Crippen MR) is 87.2 cm³/mol. The molecule has 0 saturated heterocycles. The summed E-state index contributed by atoms with van der Waals surface area (Å²) < 4.78 is 6.71. The number of hydrogen-bond donors (Lipinski definition) is 2. The van der Waals surface area contributed by atoms with E-state index in [9.17, 15) is 4.79 Å². The van der Waals surface area contributed by atoms with Crippen molar-refractivity contribution in [1.82, 2.24) is 10.2 Å². The molecule has 3 rings (SSSR count). The van der Waals surface area contributed by atoms with Crippen LogP contribution < -0.4 is 10.1 Å². The van der Waals surface area contributed by atoms with Gasteiger partial charge in [-0.05, 0) is 48.5 Å². The third-order valence-electron chi connectivity index (χ3n) is 2.92. The molecule has 0 aliphatic heterocycles. The van der Waals surface area contributed by atoms with E-state index in [2.05, 4.69) is 31.4 Å². The molecule has 0 aliphatic rings. The number of H-pyrrole nitrogens is 1. The van der Waals surface area contributed by atoms with Crippen molar-refractivity contribution in [2.24, 2.45) is 0 Å². The molecule has 1 aromatic heterocycles. The number of nitrogens with zero attached hydrogens (tertiary/aromatic N) is 1. The Kier molecular flexibility index (Phi) is 4.20. The van der Waals surface area contributed by atoms with E-state index in [0.717, 1.165) is 10.2 Å². The van der Waals surface area contributed by atoms with Crippen LogP contribution in [0.3, 0.4) is 0 Å². The molecule has 0 fully saturated rings. The van der Waals surface area contributed by atoms with E-state index < -0.39 is 0 Å². The largest absolute Gasteiger partial charge is 0.457 e. The zero-order valence-corrected chi connectivity index (χ0v) is 13.0. The summed E-state index contributed by atoms with van der Waals surface area (Å²) in [6, 6.07) is 14.7. The number of amides is 1. The van der Waals surface area contributed by atoms with E-state index >= 15 is 0 Å². The van der Waals surface area contributed by atoms with E-state index in [1.54, 1.807) is 30.5 Å². The summed E-state index contributed by atoms with van der Waals surface area (Å²) in [4.78, 5) is 11.9. The number of anilines is 1. The molecule has 0 aliphatic carbocycles. The van der Waals surface area contributed by atoms with Crippen LogP contribution in [0.25, 0.3) is 0 Å². The van der Waals surface area contributed by atoms with Crippen LogP contribution in [0.4, 0.5) is 5.69 Å². The van der Waals surface area contributed by atoms with E-state index in [1.165, 1.54) is 6.20 Å². The first-order chi connectivity index (χ1) is 10.7. The zero-order valence-electron chi connectivity index (χ0n) is 11.4. The van der Waals surface area contributed by atoms with Crippen LogP contribution in [0.2, 0.25) is 0 Å². The van der Waals surface area contributed by atoms with Gasteiger partial charge in [-0.25, -0.2) is 0 Å². The zero-order chi connectivity index (χ0) is 15.4. The molecule has 6 heteroatoms. The predicted octanol–water partition coefficient (Wildman–Crippen LogP) is 4.22. The Bertz CT molecular complexity index is 753. The lowest BCUT2D eigenvalue weighted by molar-refractivity contribution is 0.102. The SMILES string of the molecule is O=C(Nc1ccc(Oc2ccc(Br)cc2)cc1)c1cn[nH]c1. The maximum Gasteiger partial charge on any atom is 0.258 e. The van der Waals surface area contributed by atoms with Crippen LogP contribution in [-0.2, 0) is 0 Å². The van der Waals surface area contributed by atoms with Crippen LogP contribution in [-0.4, -0.2) is 16.1 Å². The molecule has 0 saturated carbocycles. The second kappa shape index (κ2) is 6.44. The Hall–Kier alpha value is -2.60. The van der Waals surface area contributed by atoms with Crippen LogP contribution in [0.5, 0.6) is 11.5 Å². The summed E-state index contributed by atoms with van der Waals surface area (Å²) >= 11 is 3.38. The van der Waals surface area contributed by atoms with Gasteiger partial charge in [-0.1, -0.05) is 15.9 Å². The summed E-state index contributed by atoms with van der Waals surface area (Å²) in [6.45, 7) is 0. The fraction of sp³-hybridized carbons (Fsp3) is 0. The molecule has 3 aromatic rings. The molecule has 5 nitrogen and oxygen atoms in total. The Morgan fingerprint density at radius 1 is 1.05 bits per heavy atom. The van der Waals surface area contributed by atoms with Crippen LogP contribution in [0, 0.1) is 0 Å². The van der Waals surface area contributed by atoms with Gasteiger partial charge >= 0.3 is 0 Å². The van der Waals surface area contributed by atoms with Gasteiger partial charge in [0.15, 0.2) is 0 Å². The number of halogens is 1. The molecular formula is C16H12BrN3O2. The fourth-order valence-corrected chi connectivity index (χ4v) is 2.09. The van der Waals surface area contributed by atoms with Crippen molar-refractivity contribution in [3.8, 4) is 11.5 Å². The third-order valence-corrected chi connectivity index (χ3v) is 3.45. The van der Waals surface area contributed by atoms with Crippen LogP contribution in [0.15, 0.2) is 65.4 Å². The highest BCUT2D eigenvalue weighted by Gasteiger charge is 2.07. The monoisotopic (exact) mass is 357 g/mol. The lowest BCUT2D eigenvalue weighted by Gasteiger charge is -2.07. The lowest BCUT2D eigenvalue weighted by Crippen LogP contribution is -2.10. The standard InChI is InChI=1S/C16H12BrN3O2/c17-12-1-5-14(6-2-12)22-15-7-3-13(4-8-15)20-16(21)11-9-18-19-10-11/h1-10H,(H,18,19)(H,20,21). The van der Waals surface area contributed by atoms with Crippen molar-refractivity contribution < 1.29 is 9.53 Å². The average Bonchev–Trinajstić information content (AvgIpc) is 3.06. The number of carbonyl (C=O) groups excluding carboxylic acids is 1. The van der Waals surface area contributed by atoms with Crippen molar-refractivity contribution in [1.29, 1.82) is 0 Å². The maximum atomic E-state index is 11.9. The number of carbonyl (C=O) groups is 1. The average molecular weight is 358 g/mol. The first kappa shape index (κ1) is 14.3. The van der Waals surface area contributed by atoms with Gasteiger partial charge in [-0.15, -0.1) is 0 Å². The van der Waals surface area contributed by atoms with Crippen molar-refractivity contribution in [3.05, 3.63) is 71.0 Å². The topological polar surface area (TPSA) is 67.0 Å². The van der Waals surface area contributed by atoms with Crippen LogP contribution >= 0.6 is 15.9 Å². The third kappa shape index (κ3) is 3.53. The smallest absolute Gasteiger partial charge is 0.258 e. The number of aromatic nitrogens is 2. The fourth-order valence-electron chi connectivity index (χ4n) is 1.82. The molecule has 2 N–H and O–H groups in total. The van der Waals surface area contributed by atoms with Gasteiger partial charge < -0.3 is 10.1 Å². The van der Waals surface area contributed by atoms with E-state index in [-0.39, 0.29) is 5.91 Å². The van der Waals surface area contributed by atoms with Gasteiger partial charge in [-0.2, -0.15) is 5.10 Å². The van der Waals surface area contributed by atoms with Gasteiger partial charge in [0.05, 0.1) is 11.8 Å². The molecule has 22 heavy (non-hydrogen) atoms. The summed E-state index contributed by atoms with van der Waals surface area (Å²) in [5.41, 5.74) is 1.17. The Morgan fingerprint density at radius 2 is 1.68 bits per heavy atom. The first-order valence-corrected chi connectivity index (χ1v) is 7.33. The van der Waals surface area contributed by atoms with Crippen molar-refractivity contribution in [3.63, 3.8) is 0 Å². The van der Waals surface area contributed by atoms with Crippen molar-refractivity contribution in [2.75, 3.05) is 5.32 Å². The molecule has 110 valence electrons. The number of benzene rings is 2. The van der Waals surface area contributed by atoms with Crippen molar-refractivity contribution >= 4 is 27.5 Å². The second-order valence-electron chi connectivity index (χ2n) is 4.52. The molecule has 2 aromatic carbocycles. The number of hydrogen-bond acceptors (Lipinski definition) is 3. The molecule has 0 bridgehead atoms.